The molecule has 1 fully saturated rings. The fraction of sp³-hybridized carbons (Fsp3) is 1.00. The van der Waals surface area contributed by atoms with Gasteiger partial charge >= 0.3 is 25.7 Å². The lowest BCUT2D eigenvalue weighted by Crippen LogP contribution is -2.60. The van der Waals surface area contributed by atoms with Crippen LogP contribution in [0.3, 0.4) is 0 Å². The molecule has 1 rings (SSSR count). The summed E-state index contributed by atoms with van der Waals surface area (Å²) in [6.07, 6.45) is 1.84. The van der Waals surface area contributed by atoms with Crippen molar-refractivity contribution in [2.75, 3.05) is 6.61 Å². The zero-order valence-electron chi connectivity index (χ0n) is 19.3. The molecule has 2 unspecified atom stereocenters. The molecule has 0 aromatic carbocycles. The third-order valence-electron chi connectivity index (χ3n) is 4.13. The van der Waals surface area contributed by atoms with Crippen LogP contribution in [0.1, 0.15) is 19.8 Å². The molecular weight excluding hydrogens is 429 g/mol. The Morgan fingerprint density at radius 1 is 0.889 bits per heavy atom. The Balaban J connectivity index is 2.73. The van der Waals surface area contributed by atoms with Gasteiger partial charge in [0.05, 0.1) is 12.3 Å². The summed E-state index contributed by atoms with van der Waals surface area (Å²) in [5.74, 6) is 0. The van der Waals surface area contributed by atoms with Gasteiger partial charge in [-0.05, 0) is 71.9 Å². The van der Waals surface area contributed by atoms with Crippen LogP contribution in [-0.4, -0.2) is 61.7 Å². The van der Waals surface area contributed by atoms with Crippen LogP contribution in [0.4, 0.5) is 0 Å². The average molecular weight is 471 g/mol. The molecule has 0 N–H and O–H groups in total. The molecule has 1 aliphatic heterocycles. The topological polar surface area (TPSA) is 55.4 Å². The van der Waals surface area contributed by atoms with Gasteiger partial charge in [-0.2, -0.15) is 0 Å². The van der Waals surface area contributed by atoms with Gasteiger partial charge in [-0.1, -0.05) is 6.92 Å². The van der Waals surface area contributed by atoms with Crippen LogP contribution in [0.25, 0.3) is 0 Å². The van der Waals surface area contributed by atoms with Crippen molar-refractivity contribution in [1.29, 1.82) is 0 Å². The highest BCUT2D eigenvalue weighted by Crippen LogP contribution is 2.29. The van der Waals surface area contributed by atoms with Gasteiger partial charge in [0.15, 0.2) is 15.3 Å². The van der Waals surface area contributed by atoms with Crippen LogP contribution in [0.15, 0.2) is 0 Å². The molecule has 0 bridgehead atoms. The van der Waals surface area contributed by atoms with Gasteiger partial charge in [0.2, 0.25) is 8.32 Å². The number of ether oxygens (including phenoxy) is 2. The molecule has 0 spiro atoms. The first-order valence-corrected chi connectivity index (χ1v) is 24.3. The molecule has 0 saturated carbocycles. The predicted octanol–water partition coefficient (Wildman–Crippen LogP) is 4.43. The van der Waals surface area contributed by atoms with Crippen LogP contribution in [0, 0.1) is 0 Å². The lowest BCUT2D eigenvalue weighted by molar-refractivity contribution is -0.225. The van der Waals surface area contributed by atoms with Gasteiger partial charge in [-0.25, -0.2) is 0 Å². The Hall–Kier alpha value is 0.844. The molecule has 11 heteroatoms. The third-order valence-corrected chi connectivity index (χ3v) is 22.3. The van der Waals surface area contributed by atoms with E-state index in [2.05, 4.69) is 72.4 Å². The van der Waals surface area contributed by atoms with Gasteiger partial charge in [-0.3, -0.25) is 0 Å². The summed E-state index contributed by atoms with van der Waals surface area (Å²) in [7, 11) is -10.2. The van der Waals surface area contributed by atoms with Crippen molar-refractivity contribution in [2.45, 2.75) is 97.3 Å². The van der Waals surface area contributed by atoms with E-state index in [0.29, 0.717) is 0 Å². The number of hydrogen-bond donors (Lipinski definition) is 0. The molecule has 1 saturated heterocycles. The highest BCUT2D eigenvalue weighted by Gasteiger charge is 2.47. The van der Waals surface area contributed by atoms with Crippen LogP contribution in [0.5, 0.6) is 0 Å². The largest absolute Gasteiger partial charge is 0.440 e. The standard InChI is InChI=1S/C16H42O6Si5/c1-12-16(18-15-13-14-17-15)24(4,5)20-26(8,9)22-27(10,11)21-25(6,7)19-23(2)3/h15-16,23H,12-14H2,1-11H3. The molecule has 27 heavy (non-hydrogen) atoms. The Kier molecular flexibility index (Phi) is 9.36. The molecule has 0 amide bonds. The summed E-state index contributed by atoms with van der Waals surface area (Å²) in [5.41, 5.74) is 0.102. The fourth-order valence-corrected chi connectivity index (χ4v) is 26.5. The summed E-state index contributed by atoms with van der Waals surface area (Å²) < 4.78 is 37.5. The summed E-state index contributed by atoms with van der Waals surface area (Å²) >= 11 is 0. The van der Waals surface area contributed by atoms with Gasteiger partial charge in [0.1, 0.15) is 0 Å². The molecule has 162 valence electrons. The minimum absolute atomic E-state index is 0.0608. The lowest BCUT2D eigenvalue weighted by Gasteiger charge is -2.43. The normalized spacial score (nSPS) is 20.7. The van der Waals surface area contributed by atoms with E-state index in [1.54, 1.807) is 0 Å². The summed E-state index contributed by atoms with van der Waals surface area (Å²) in [6, 6.07) is 0. The van der Waals surface area contributed by atoms with Gasteiger partial charge in [0.25, 0.3) is 0 Å². The van der Waals surface area contributed by atoms with E-state index >= 15 is 0 Å². The van der Waals surface area contributed by atoms with E-state index in [1.807, 2.05) is 0 Å². The zero-order valence-corrected chi connectivity index (χ0v) is 24.5. The van der Waals surface area contributed by atoms with E-state index in [4.69, 9.17) is 25.9 Å². The van der Waals surface area contributed by atoms with E-state index in [-0.39, 0.29) is 12.0 Å². The Morgan fingerprint density at radius 2 is 1.37 bits per heavy atom. The molecule has 0 aliphatic carbocycles. The maximum atomic E-state index is 6.69. The molecule has 1 heterocycles. The van der Waals surface area contributed by atoms with Crippen LogP contribution in [0.2, 0.25) is 65.5 Å². The fourth-order valence-electron chi connectivity index (χ4n) is 3.77. The maximum Gasteiger partial charge on any atom is 0.314 e. The second-order valence-corrected chi connectivity index (χ2v) is 27.1. The van der Waals surface area contributed by atoms with Crippen molar-refractivity contribution in [2.24, 2.45) is 0 Å². The van der Waals surface area contributed by atoms with Gasteiger partial charge in [0, 0.05) is 6.42 Å². The molecular formula is C16H42O6Si5. The number of rotatable bonds is 12. The van der Waals surface area contributed by atoms with Crippen molar-refractivity contribution in [1.82, 2.24) is 0 Å². The minimum Gasteiger partial charge on any atom is -0.440 e. The van der Waals surface area contributed by atoms with E-state index in [1.165, 1.54) is 0 Å². The highest BCUT2D eigenvalue weighted by molar-refractivity contribution is 6.89. The molecule has 0 aromatic rings. The van der Waals surface area contributed by atoms with E-state index < -0.39 is 43.0 Å². The quantitative estimate of drug-likeness (QED) is 0.393. The van der Waals surface area contributed by atoms with Crippen molar-refractivity contribution in [3.8, 4) is 0 Å². The third kappa shape index (κ3) is 9.46. The second kappa shape index (κ2) is 9.77. The first-order valence-electron chi connectivity index (χ1n) is 10.1. The SMILES string of the molecule is CCC(OC1CCO1)[Si](C)(C)O[Si](C)(C)O[Si](C)(C)O[Si](C)(C)O[SiH](C)C. The smallest absolute Gasteiger partial charge is 0.314 e. The molecule has 0 aromatic heterocycles. The van der Waals surface area contributed by atoms with E-state index in [0.717, 1.165) is 19.4 Å². The summed E-state index contributed by atoms with van der Waals surface area (Å²) in [6.45, 7) is 24.5. The Morgan fingerprint density at radius 3 is 1.78 bits per heavy atom. The monoisotopic (exact) mass is 470 g/mol. The molecule has 0 radical (unpaired) electrons. The predicted molar refractivity (Wildman–Crippen MR) is 123 cm³/mol. The van der Waals surface area contributed by atoms with Crippen molar-refractivity contribution in [3.05, 3.63) is 0 Å². The van der Waals surface area contributed by atoms with Crippen molar-refractivity contribution >= 4 is 43.0 Å². The Bertz CT molecular complexity index is 468. The van der Waals surface area contributed by atoms with Crippen molar-refractivity contribution < 1.29 is 25.9 Å². The lowest BCUT2D eigenvalue weighted by atomic mass is 10.3. The van der Waals surface area contributed by atoms with E-state index in [9.17, 15) is 0 Å². The first-order chi connectivity index (χ1) is 12.1. The Labute approximate surface area is 172 Å². The highest BCUT2D eigenvalue weighted by atomic mass is 28.5. The van der Waals surface area contributed by atoms with Crippen LogP contribution >= 0.6 is 0 Å². The molecule has 6 nitrogen and oxygen atoms in total. The molecule has 2 atom stereocenters. The minimum atomic E-state index is -2.38. The summed E-state index contributed by atoms with van der Waals surface area (Å²) in [4.78, 5) is 0. The molecule has 1 aliphatic rings. The first kappa shape index (κ1) is 25.9. The van der Waals surface area contributed by atoms with Crippen molar-refractivity contribution in [3.63, 3.8) is 0 Å². The summed E-state index contributed by atoms with van der Waals surface area (Å²) in [5, 5.41) is 0. The van der Waals surface area contributed by atoms with Crippen LogP contribution in [-0.2, 0) is 25.9 Å². The maximum absolute atomic E-state index is 6.69. The van der Waals surface area contributed by atoms with Gasteiger partial charge in [-0.15, -0.1) is 0 Å². The van der Waals surface area contributed by atoms with Crippen LogP contribution < -0.4 is 0 Å². The second-order valence-electron chi connectivity index (χ2n) is 9.40. The number of hydrogen-bond acceptors (Lipinski definition) is 6. The average Bonchev–Trinajstić information content (AvgIpc) is 2.29. The zero-order chi connectivity index (χ0) is 21.1. The van der Waals surface area contributed by atoms with Gasteiger partial charge < -0.3 is 25.9 Å².